The van der Waals surface area contributed by atoms with E-state index in [0.717, 1.165) is 42.6 Å². The van der Waals surface area contributed by atoms with E-state index in [4.69, 9.17) is 9.47 Å². The van der Waals surface area contributed by atoms with Gasteiger partial charge in [-0.15, -0.1) is 0 Å². The normalized spacial score (nSPS) is 17.3. The fraction of sp³-hybridized carbons (Fsp3) is 0.300. The molecular formula is C20H20O3. The number of ether oxygens (including phenoxy) is 2. The van der Waals surface area contributed by atoms with Gasteiger partial charge < -0.3 is 14.6 Å². The van der Waals surface area contributed by atoms with Gasteiger partial charge in [-0.05, 0) is 54.7 Å². The molecule has 3 heteroatoms. The summed E-state index contributed by atoms with van der Waals surface area (Å²) in [6.45, 7) is 1.18. The molecule has 1 aliphatic rings. The lowest BCUT2D eigenvalue weighted by Gasteiger charge is -2.21. The zero-order valence-electron chi connectivity index (χ0n) is 13.0. The topological polar surface area (TPSA) is 38.7 Å². The zero-order chi connectivity index (χ0) is 15.9. The Hall–Kier alpha value is -2.28. The van der Waals surface area contributed by atoms with Crippen molar-refractivity contribution in [3.8, 4) is 28.7 Å². The summed E-state index contributed by atoms with van der Waals surface area (Å²) in [5, 5.41) is 9.32. The lowest BCUT2D eigenvalue weighted by molar-refractivity contribution is -0.154. The average Bonchev–Trinajstić information content (AvgIpc) is 2.61. The van der Waals surface area contributed by atoms with Crippen LogP contribution in [0.15, 0.2) is 48.5 Å². The Balaban J connectivity index is 1.55. The third-order valence-corrected chi connectivity index (χ3v) is 3.80. The molecule has 118 valence electrons. The summed E-state index contributed by atoms with van der Waals surface area (Å²) in [6.07, 6.45) is 3.16. The van der Waals surface area contributed by atoms with Crippen molar-refractivity contribution in [1.82, 2.24) is 0 Å². The van der Waals surface area contributed by atoms with Crippen molar-refractivity contribution in [1.29, 1.82) is 0 Å². The molecule has 2 aromatic carbocycles. The Morgan fingerprint density at radius 1 is 1.00 bits per heavy atom. The molecular weight excluding hydrogens is 288 g/mol. The highest BCUT2D eigenvalue weighted by Crippen LogP contribution is 2.22. The van der Waals surface area contributed by atoms with Crippen LogP contribution in [0.5, 0.6) is 5.75 Å². The first-order valence-corrected chi connectivity index (χ1v) is 7.93. The highest BCUT2D eigenvalue weighted by atomic mass is 16.7. The fourth-order valence-corrected chi connectivity index (χ4v) is 2.52. The van der Waals surface area contributed by atoms with Crippen LogP contribution in [-0.4, -0.2) is 24.6 Å². The number of benzene rings is 2. The molecule has 0 spiro atoms. The van der Waals surface area contributed by atoms with E-state index in [0.29, 0.717) is 6.61 Å². The summed E-state index contributed by atoms with van der Waals surface area (Å²) in [7, 11) is 0. The molecule has 0 amide bonds. The Bertz CT molecular complexity index is 672. The number of phenols is 1. The standard InChI is InChI=1S/C20H20O3/c21-19-12-10-18(11-13-19)17-8-6-16(7-9-17)4-3-15-23-20-5-1-2-14-22-20/h6-13,20-21H,1-2,5,14-15H2. The molecule has 3 nitrogen and oxygen atoms in total. The minimum absolute atomic E-state index is 0.0880. The average molecular weight is 308 g/mol. The number of hydrogen-bond donors (Lipinski definition) is 1. The van der Waals surface area contributed by atoms with Gasteiger partial charge in [0.05, 0.1) is 0 Å². The number of phenolic OH excluding ortho intramolecular Hbond substituents is 1. The van der Waals surface area contributed by atoms with E-state index < -0.39 is 0 Å². The molecule has 1 aliphatic heterocycles. The van der Waals surface area contributed by atoms with Crippen LogP contribution in [-0.2, 0) is 9.47 Å². The molecule has 1 saturated heterocycles. The third-order valence-electron chi connectivity index (χ3n) is 3.80. The summed E-state index contributed by atoms with van der Waals surface area (Å²) in [4.78, 5) is 0. The van der Waals surface area contributed by atoms with E-state index >= 15 is 0 Å². The first kappa shape index (κ1) is 15.6. The Morgan fingerprint density at radius 2 is 1.70 bits per heavy atom. The van der Waals surface area contributed by atoms with E-state index in [1.807, 2.05) is 36.4 Å². The van der Waals surface area contributed by atoms with Gasteiger partial charge in [-0.3, -0.25) is 0 Å². The summed E-state index contributed by atoms with van der Waals surface area (Å²) < 4.78 is 11.1. The lowest BCUT2D eigenvalue weighted by atomic mass is 10.0. The van der Waals surface area contributed by atoms with E-state index in [1.54, 1.807) is 12.1 Å². The van der Waals surface area contributed by atoms with Gasteiger partial charge in [0.1, 0.15) is 12.4 Å². The quantitative estimate of drug-likeness (QED) is 0.873. The van der Waals surface area contributed by atoms with Crippen molar-refractivity contribution < 1.29 is 14.6 Å². The molecule has 1 fully saturated rings. The second-order valence-electron chi connectivity index (χ2n) is 5.53. The molecule has 3 rings (SSSR count). The molecule has 1 heterocycles. The zero-order valence-corrected chi connectivity index (χ0v) is 13.0. The van der Waals surface area contributed by atoms with Gasteiger partial charge in [0.25, 0.3) is 0 Å². The molecule has 0 saturated carbocycles. The molecule has 1 atom stereocenters. The minimum atomic E-state index is -0.0880. The van der Waals surface area contributed by atoms with Crippen molar-refractivity contribution in [2.75, 3.05) is 13.2 Å². The molecule has 0 bridgehead atoms. The van der Waals surface area contributed by atoms with E-state index in [-0.39, 0.29) is 12.0 Å². The third kappa shape index (κ3) is 4.59. The van der Waals surface area contributed by atoms with Crippen LogP contribution < -0.4 is 0 Å². The van der Waals surface area contributed by atoms with Crippen LogP contribution in [0.25, 0.3) is 11.1 Å². The Kier molecular flexibility index (Phi) is 5.31. The smallest absolute Gasteiger partial charge is 0.158 e. The van der Waals surface area contributed by atoms with Gasteiger partial charge in [-0.2, -0.15) is 0 Å². The Morgan fingerprint density at radius 3 is 2.35 bits per heavy atom. The SMILES string of the molecule is Oc1ccc(-c2ccc(C#CCOC3CCCCO3)cc2)cc1. The molecule has 0 radical (unpaired) electrons. The van der Waals surface area contributed by atoms with Gasteiger partial charge in [0.2, 0.25) is 0 Å². The number of hydrogen-bond acceptors (Lipinski definition) is 3. The molecule has 23 heavy (non-hydrogen) atoms. The number of aromatic hydroxyl groups is 1. The minimum Gasteiger partial charge on any atom is -0.508 e. The molecule has 2 aromatic rings. The van der Waals surface area contributed by atoms with Crippen molar-refractivity contribution in [2.24, 2.45) is 0 Å². The van der Waals surface area contributed by atoms with E-state index in [9.17, 15) is 5.11 Å². The van der Waals surface area contributed by atoms with Crippen molar-refractivity contribution in [3.05, 3.63) is 54.1 Å². The van der Waals surface area contributed by atoms with Gasteiger partial charge in [-0.1, -0.05) is 36.1 Å². The van der Waals surface area contributed by atoms with Gasteiger partial charge in [-0.25, -0.2) is 0 Å². The molecule has 0 aromatic heterocycles. The van der Waals surface area contributed by atoms with Crippen molar-refractivity contribution in [3.63, 3.8) is 0 Å². The van der Waals surface area contributed by atoms with Gasteiger partial charge in [0.15, 0.2) is 6.29 Å². The predicted molar refractivity (Wildman–Crippen MR) is 90.0 cm³/mol. The van der Waals surface area contributed by atoms with Crippen LogP contribution in [0.4, 0.5) is 0 Å². The van der Waals surface area contributed by atoms with Crippen LogP contribution >= 0.6 is 0 Å². The fourth-order valence-electron chi connectivity index (χ4n) is 2.52. The van der Waals surface area contributed by atoms with E-state index in [2.05, 4.69) is 11.8 Å². The van der Waals surface area contributed by atoms with Crippen molar-refractivity contribution in [2.45, 2.75) is 25.6 Å². The maximum Gasteiger partial charge on any atom is 0.158 e. The van der Waals surface area contributed by atoms with E-state index in [1.165, 1.54) is 0 Å². The van der Waals surface area contributed by atoms with Gasteiger partial charge >= 0.3 is 0 Å². The molecule has 1 unspecified atom stereocenters. The van der Waals surface area contributed by atoms with Crippen LogP contribution in [0.3, 0.4) is 0 Å². The predicted octanol–water partition coefficient (Wildman–Crippen LogP) is 3.95. The summed E-state index contributed by atoms with van der Waals surface area (Å²) >= 11 is 0. The second kappa shape index (κ2) is 7.82. The highest BCUT2D eigenvalue weighted by molar-refractivity contribution is 5.65. The maximum absolute atomic E-state index is 9.32. The number of rotatable bonds is 3. The van der Waals surface area contributed by atoms with Gasteiger partial charge in [0, 0.05) is 12.2 Å². The second-order valence-corrected chi connectivity index (χ2v) is 5.53. The van der Waals surface area contributed by atoms with Crippen LogP contribution in [0.1, 0.15) is 24.8 Å². The lowest BCUT2D eigenvalue weighted by Crippen LogP contribution is -2.22. The summed E-state index contributed by atoms with van der Waals surface area (Å²) in [5.41, 5.74) is 3.13. The molecule has 1 N–H and O–H groups in total. The molecule has 0 aliphatic carbocycles. The van der Waals surface area contributed by atoms with Crippen LogP contribution in [0, 0.1) is 11.8 Å². The largest absolute Gasteiger partial charge is 0.508 e. The highest BCUT2D eigenvalue weighted by Gasteiger charge is 2.12. The van der Waals surface area contributed by atoms with Crippen molar-refractivity contribution >= 4 is 0 Å². The summed E-state index contributed by atoms with van der Waals surface area (Å²) in [6, 6.07) is 15.2. The summed E-state index contributed by atoms with van der Waals surface area (Å²) in [5.74, 6) is 6.41. The monoisotopic (exact) mass is 308 g/mol. The maximum atomic E-state index is 9.32. The Labute approximate surface area is 136 Å². The first-order chi connectivity index (χ1) is 11.3. The first-order valence-electron chi connectivity index (χ1n) is 7.93. The van der Waals surface area contributed by atoms with Crippen LogP contribution in [0.2, 0.25) is 0 Å².